The number of piperazine rings is 3. The molecule has 6 aromatic rings. The number of aryl methyl sites for hydroxylation is 3. The number of carbonyl (C=O) groups excluding carboxylic acids is 7. The Balaban J connectivity index is 0.000000222. The molecule has 6 aliphatic heterocycles. The first-order chi connectivity index (χ1) is 62.1. The van der Waals surface area contributed by atoms with Crippen molar-refractivity contribution in [3.05, 3.63) is 185 Å². The normalized spacial score (nSPS) is 25.8. The van der Waals surface area contributed by atoms with Gasteiger partial charge in [-0.05, 0) is 218 Å². The van der Waals surface area contributed by atoms with E-state index in [1.165, 1.54) is 29.0 Å². The molecule has 3 aromatic carbocycles. The van der Waals surface area contributed by atoms with Crippen molar-refractivity contribution in [1.82, 2.24) is 40.0 Å². The molecule has 4 amide bonds. The Morgan fingerprint density at radius 2 is 0.842 bits per heavy atom. The number of aliphatic imine (C=N–C) groups is 3. The summed E-state index contributed by atoms with van der Waals surface area (Å²) in [5.74, 6) is 1.45. The zero-order valence-corrected chi connectivity index (χ0v) is 85.4. The number of Topliss-reactive ketones (excluding diaryl/α,β-unsaturated/α-hetero) is 3. The second-order valence-electron chi connectivity index (χ2n) is 38.2. The van der Waals surface area contributed by atoms with Crippen molar-refractivity contribution >= 4 is 147 Å². The number of benzene rings is 3. The molecule has 3 aliphatic carbocycles. The molecule has 728 valence electrons. The van der Waals surface area contributed by atoms with E-state index in [0.29, 0.717) is 134 Å². The largest absolute Gasteiger partial charge is 0.455 e. The number of alkyl carbamates (subject to hydrolysis) is 1. The van der Waals surface area contributed by atoms with E-state index >= 15 is 0 Å². The number of nitrogens with two attached hydrogens (primary N) is 2. The first-order valence-electron chi connectivity index (χ1n) is 47.1. The summed E-state index contributed by atoms with van der Waals surface area (Å²) in [4.78, 5) is 130. The van der Waals surface area contributed by atoms with Crippen molar-refractivity contribution in [2.24, 2.45) is 61.1 Å². The fourth-order valence-corrected chi connectivity index (χ4v) is 22.0. The quantitative estimate of drug-likeness (QED) is 0.0211. The van der Waals surface area contributed by atoms with Crippen molar-refractivity contribution in [3.63, 3.8) is 0 Å². The lowest BCUT2D eigenvalue weighted by Crippen LogP contribution is -2.64. The summed E-state index contributed by atoms with van der Waals surface area (Å²) in [6.07, 6.45) is 13.5. The molecule has 3 aromatic heterocycles. The van der Waals surface area contributed by atoms with E-state index in [9.17, 15) is 33.6 Å². The van der Waals surface area contributed by atoms with Crippen LogP contribution >= 0.6 is 88.0 Å². The van der Waals surface area contributed by atoms with Gasteiger partial charge in [-0.1, -0.05) is 155 Å². The number of azide groups is 1. The molecular weight excluding hydrogens is 1810 g/mol. The first kappa shape index (κ1) is 109. The van der Waals surface area contributed by atoms with Crippen LogP contribution in [0, 0.1) is 29.6 Å². The monoisotopic (exact) mass is 1960 g/mol. The number of nitrogens with zero attached hydrogens (tertiary/aromatic N) is 12. The molecule has 0 spiro atoms. The summed E-state index contributed by atoms with van der Waals surface area (Å²) >= 11 is 4.93. The maximum atomic E-state index is 14.5. The summed E-state index contributed by atoms with van der Waals surface area (Å²) in [5, 5.41) is 16.5. The van der Waals surface area contributed by atoms with Gasteiger partial charge in [0, 0.05) is 116 Å². The third-order valence-electron chi connectivity index (χ3n) is 26.8. The van der Waals surface area contributed by atoms with Gasteiger partial charge in [0.2, 0.25) is 17.7 Å². The lowest BCUT2D eigenvalue weighted by Gasteiger charge is -2.44. The van der Waals surface area contributed by atoms with Crippen LogP contribution in [-0.4, -0.2) is 226 Å². The SMILES string of the molecule is CC(C)CC1CCC([C@@H](NC(C)C)C(=O)N2CCN(C3=N[C@@H](C)[C@H](c4ccccc4)O3)C[C@H]2C(=O)CCc2cccs2)CC1.C[C@@H]1N=C(N2CCN(C(=O)[C@H](N)C3CCC(N)CC3)[C@H](C(=O)CCc3cccs3)C2)O[C@H]1c1ccccc1.C[C@@H]1N=C(N2CCN(C(=O)[C@H](NC(=O)OC(C)(C)C)C3CCC(N=[N+]=[N-])CC3)[C@H](C(=O)CCc3cccs3)C2)O[C@H]1c1ccccc1.S.S.S.S. The number of ketones is 3. The maximum absolute atomic E-state index is 14.5. The van der Waals surface area contributed by atoms with E-state index in [-0.39, 0.29) is 181 Å². The molecule has 133 heavy (non-hydrogen) atoms. The molecule has 0 bridgehead atoms. The van der Waals surface area contributed by atoms with Crippen LogP contribution in [0.2, 0.25) is 0 Å². The van der Waals surface area contributed by atoms with Gasteiger partial charge in [0.05, 0.1) is 30.2 Å². The molecule has 6 N–H and O–H groups in total. The van der Waals surface area contributed by atoms with Gasteiger partial charge in [0.15, 0.2) is 17.3 Å². The van der Waals surface area contributed by atoms with Crippen LogP contribution in [0.5, 0.6) is 0 Å². The van der Waals surface area contributed by atoms with Gasteiger partial charge in [0.25, 0.3) is 18.1 Å². The lowest BCUT2D eigenvalue weighted by atomic mass is 9.75. The average Bonchev–Trinajstić information content (AvgIpc) is 1.75. The Morgan fingerprint density at radius 1 is 0.489 bits per heavy atom. The van der Waals surface area contributed by atoms with Crippen LogP contribution in [0.4, 0.5) is 4.79 Å². The number of hydrogen-bond acceptors (Lipinski definition) is 24. The number of ether oxygens (including phenoxy) is 4. The number of rotatable bonds is 27. The molecule has 3 saturated heterocycles. The predicted octanol–water partition coefficient (Wildman–Crippen LogP) is 16.1. The van der Waals surface area contributed by atoms with Crippen molar-refractivity contribution in [2.45, 2.75) is 288 Å². The average molecular weight is 1960 g/mol. The van der Waals surface area contributed by atoms with E-state index in [1.54, 1.807) is 64.6 Å². The van der Waals surface area contributed by atoms with Gasteiger partial charge < -0.3 is 70.4 Å². The van der Waals surface area contributed by atoms with Crippen molar-refractivity contribution in [2.75, 3.05) is 58.9 Å². The van der Waals surface area contributed by atoms with E-state index in [1.807, 2.05) is 149 Å². The van der Waals surface area contributed by atoms with Crippen molar-refractivity contribution in [3.8, 4) is 0 Å². The fourth-order valence-electron chi connectivity index (χ4n) is 19.9. The molecule has 9 aliphatic rings. The summed E-state index contributed by atoms with van der Waals surface area (Å²) in [6.45, 7) is 24.1. The van der Waals surface area contributed by atoms with E-state index in [0.717, 1.165) is 66.0 Å². The lowest BCUT2D eigenvalue weighted by molar-refractivity contribution is -0.145. The summed E-state index contributed by atoms with van der Waals surface area (Å²) in [6, 6.07) is 40.4. The Kier molecular flexibility index (Phi) is 42.3. The number of nitrogens with one attached hydrogen (secondary N) is 2. The molecule has 9 heterocycles. The standard InChI is InChI=1S/C36H52N4O3S.C34H45N7O5S.C29H39N5O3S.4H2S/c1-24(2)22-27-13-15-28(16-14-27)33(37-25(3)4)35(42)40-20-19-39(23-31(40)32(41)18-17-30-12-9-21-44-30)36-38-26(5)34(43-36)29-10-7-6-8-11-29;1-22-30(24-9-6-5-7-10-24)45-32(36-22)40-18-19-41(27(21-40)28(42)17-16-26-11-8-20-47-26)31(43)29(37-33(44)46-34(2,3)4)23-12-14-25(15-13-23)38-39-35;1-19-27(21-6-3-2-4-7-21)37-29(32-19)33-15-16-34(28(36)26(31)20-9-11-22(30)12-10-20)24(18-33)25(35)14-13-23-8-5-17-38-23;;;;/h6-12,21,24-28,31,33-34,37H,13-20,22-23H2,1-5H3;5-11,20,22-23,25,27,29-30H,12-19,21H2,1-4H3,(H,37,44);2-8,17,19-20,22,24,26-27H,9-16,18,30-31H2,1H3;4*1H2/t26-,27?,28?,31-,33+,34+;22-,23?,25?,27-,29+,30+;19-,20?,22?,24-,26+,27+;;;;/m000..../s1. The van der Waals surface area contributed by atoms with E-state index < -0.39 is 41.9 Å². The van der Waals surface area contributed by atoms with Gasteiger partial charge >= 0.3 is 6.09 Å². The molecule has 34 heteroatoms. The molecule has 15 rings (SSSR count). The minimum atomic E-state index is -0.890. The molecule has 27 nitrogen and oxygen atoms in total. The predicted molar refractivity (Wildman–Crippen MR) is 550 cm³/mol. The van der Waals surface area contributed by atoms with Crippen LogP contribution in [0.3, 0.4) is 0 Å². The zero-order chi connectivity index (χ0) is 91.4. The molecule has 0 radical (unpaired) electrons. The summed E-state index contributed by atoms with van der Waals surface area (Å²) < 4.78 is 24.7. The van der Waals surface area contributed by atoms with Gasteiger partial charge in [-0.25, -0.2) is 19.8 Å². The molecule has 12 atom stereocenters. The highest BCUT2D eigenvalue weighted by atomic mass is 32.1. The first-order valence-corrected chi connectivity index (χ1v) is 49.8. The Labute approximate surface area is 826 Å². The van der Waals surface area contributed by atoms with Crippen LogP contribution in [0.1, 0.15) is 222 Å². The van der Waals surface area contributed by atoms with Gasteiger partial charge in [-0.3, -0.25) is 28.8 Å². The number of thiophene rings is 3. The molecule has 6 fully saturated rings. The van der Waals surface area contributed by atoms with Crippen LogP contribution in [-0.2, 0) is 67.0 Å². The van der Waals surface area contributed by atoms with Gasteiger partial charge in [0.1, 0.15) is 48.1 Å². The minimum Gasteiger partial charge on any atom is -0.455 e. The van der Waals surface area contributed by atoms with Crippen LogP contribution in [0.15, 0.2) is 164 Å². The highest BCUT2D eigenvalue weighted by molar-refractivity contribution is 7.59. The highest BCUT2D eigenvalue weighted by Crippen LogP contribution is 2.40. The van der Waals surface area contributed by atoms with E-state index in [2.05, 4.69) is 83.8 Å². The van der Waals surface area contributed by atoms with Crippen molar-refractivity contribution in [1.29, 1.82) is 0 Å². The number of amidine groups is 3. The fraction of sp³-hybridized carbons (Fsp3) is 0.596. The second-order valence-corrected chi connectivity index (χ2v) is 41.3. The Hall–Kier alpha value is -8.15. The third kappa shape index (κ3) is 29.7. The molecule has 3 saturated carbocycles. The number of carbonyl (C=O) groups is 7. The van der Waals surface area contributed by atoms with Gasteiger partial charge in [-0.2, -0.15) is 54.0 Å². The zero-order valence-electron chi connectivity index (χ0n) is 78.9. The molecular formula is C99H144N16O11S7. The Morgan fingerprint density at radius 3 is 1.19 bits per heavy atom. The Bertz CT molecular complexity index is 4780. The number of hydrogen-bond donors (Lipinski definition) is 4. The molecule has 0 unspecified atom stereocenters. The second kappa shape index (κ2) is 51.9. The highest BCUT2D eigenvalue weighted by Gasteiger charge is 2.49. The number of amides is 4. The van der Waals surface area contributed by atoms with Gasteiger partial charge in [-0.15, -0.1) is 34.0 Å². The maximum Gasteiger partial charge on any atom is 0.408 e. The van der Waals surface area contributed by atoms with Crippen molar-refractivity contribution < 1.29 is 52.5 Å². The smallest absolute Gasteiger partial charge is 0.408 e. The minimum absolute atomic E-state index is 0. The van der Waals surface area contributed by atoms with Crippen LogP contribution in [0.25, 0.3) is 10.4 Å². The van der Waals surface area contributed by atoms with E-state index in [4.69, 9.17) is 50.9 Å². The van der Waals surface area contributed by atoms with Crippen LogP contribution < -0.4 is 22.1 Å². The topological polar surface area (TPSA) is 338 Å². The summed E-state index contributed by atoms with van der Waals surface area (Å²) in [7, 11) is 0. The third-order valence-corrected chi connectivity index (χ3v) is 29.6. The summed E-state index contributed by atoms with van der Waals surface area (Å²) in [5.41, 5.74) is 24.0.